The van der Waals surface area contributed by atoms with E-state index in [9.17, 15) is 4.79 Å². The van der Waals surface area contributed by atoms with Gasteiger partial charge >= 0.3 is 0 Å². The van der Waals surface area contributed by atoms with Gasteiger partial charge in [-0.15, -0.1) is 0 Å². The molecule has 0 aliphatic carbocycles. The van der Waals surface area contributed by atoms with Crippen LogP contribution in [0.2, 0.25) is 0 Å². The van der Waals surface area contributed by atoms with E-state index >= 15 is 0 Å². The SMILES string of the molecule is C=CC(=O)NC(C)C(C)C. The quantitative estimate of drug-likeness (QED) is 0.590. The van der Waals surface area contributed by atoms with Crippen LogP contribution in [0.4, 0.5) is 0 Å². The topological polar surface area (TPSA) is 29.1 Å². The van der Waals surface area contributed by atoms with E-state index in [-0.39, 0.29) is 11.9 Å². The summed E-state index contributed by atoms with van der Waals surface area (Å²) in [6.45, 7) is 9.47. The standard InChI is InChI=1S/C8H15NO/c1-5-8(10)9-7(4)6(2)3/h5-7H,1H2,2-4H3,(H,9,10). The van der Waals surface area contributed by atoms with E-state index < -0.39 is 0 Å². The summed E-state index contributed by atoms with van der Waals surface area (Å²) in [5.41, 5.74) is 0. The summed E-state index contributed by atoms with van der Waals surface area (Å²) in [5, 5.41) is 2.77. The Kier molecular flexibility index (Phi) is 3.77. The van der Waals surface area contributed by atoms with Gasteiger partial charge in [-0.3, -0.25) is 4.79 Å². The lowest BCUT2D eigenvalue weighted by Gasteiger charge is -2.15. The lowest BCUT2D eigenvalue weighted by molar-refractivity contribution is -0.117. The zero-order valence-electron chi connectivity index (χ0n) is 6.85. The number of hydrogen-bond donors (Lipinski definition) is 1. The summed E-state index contributed by atoms with van der Waals surface area (Å²) >= 11 is 0. The van der Waals surface area contributed by atoms with Crippen LogP contribution < -0.4 is 5.32 Å². The summed E-state index contributed by atoms with van der Waals surface area (Å²) < 4.78 is 0. The van der Waals surface area contributed by atoms with Crippen LogP contribution in [0.25, 0.3) is 0 Å². The lowest BCUT2D eigenvalue weighted by Crippen LogP contribution is -2.34. The van der Waals surface area contributed by atoms with Crippen LogP contribution >= 0.6 is 0 Å². The maximum Gasteiger partial charge on any atom is 0.243 e. The minimum Gasteiger partial charge on any atom is -0.350 e. The van der Waals surface area contributed by atoms with Crippen LogP contribution in [0.5, 0.6) is 0 Å². The highest BCUT2D eigenvalue weighted by Gasteiger charge is 2.07. The van der Waals surface area contributed by atoms with Gasteiger partial charge in [-0.1, -0.05) is 20.4 Å². The normalized spacial score (nSPS) is 12.8. The van der Waals surface area contributed by atoms with E-state index in [0.29, 0.717) is 5.92 Å². The van der Waals surface area contributed by atoms with Crippen molar-refractivity contribution in [1.82, 2.24) is 5.32 Å². The van der Waals surface area contributed by atoms with Gasteiger partial charge < -0.3 is 5.32 Å². The number of nitrogens with one attached hydrogen (secondary N) is 1. The zero-order chi connectivity index (χ0) is 8.15. The molecule has 10 heavy (non-hydrogen) atoms. The minimum absolute atomic E-state index is 0.0961. The van der Waals surface area contributed by atoms with Crippen LogP contribution in [-0.4, -0.2) is 11.9 Å². The average Bonchev–Trinajstić information content (AvgIpc) is 1.87. The number of hydrogen-bond acceptors (Lipinski definition) is 1. The van der Waals surface area contributed by atoms with Crippen LogP contribution in [0.1, 0.15) is 20.8 Å². The first kappa shape index (κ1) is 9.21. The fourth-order valence-electron chi connectivity index (χ4n) is 0.450. The van der Waals surface area contributed by atoms with Crippen molar-refractivity contribution in [1.29, 1.82) is 0 Å². The predicted octanol–water partition coefficient (Wildman–Crippen LogP) is 1.33. The molecule has 0 aromatic heterocycles. The fraction of sp³-hybridized carbons (Fsp3) is 0.625. The molecule has 0 fully saturated rings. The Morgan fingerprint density at radius 2 is 2.00 bits per heavy atom. The molecule has 0 spiro atoms. The molecule has 2 heteroatoms. The first-order valence-electron chi connectivity index (χ1n) is 3.51. The van der Waals surface area contributed by atoms with E-state index in [1.165, 1.54) is 6.08 Å². The highest BCUT2D eigenvalue weighted by atomic mass is 16.1. The molecule has 1 N–H and O–H groups in total. The van der Waals surface area contributed by atoms with E-state index in [2.05, 4.69) is 25.7 Å². The predicted molar refractivity (Wildman–Crippen MR) is 42.6 cm³/mol. The highest BCUT2D eigenvalue weighted by Crippen LogP contribution is 1.98. The second-order valence-corrected chi connectivity index (χ2v) is 2.75. The van der Waals surface area contributed by atoms with Crippen molar-refractivity contribution in [2.24, 2.45) is 5.92 Å². The van der Waals surface area contributed by atoms with Gasteiger partial charge in [0.2, 0.25) is 5.91 Å². The number of amides is 1. The van der Waals surface area contributed by atoms with Crippen LogP contribution in [0.3, 0.4) is 0 Å². The summed E-state index contributed by atoms with van der Waals surface area (Å²) in [4.78, 5) is 10.7. The molecule has 0 aromatic rings. The number of carbonyl (C=O) groups is 1. The van der Waals surface area contributed by atoms with Gasteiger partial charge in [0, 0.05) is 6.04 Å². The Balaban J connectivity index is 3.67. The van der Waals surface area contributed by atoms with Crippen LogP contribution in [-0.2, 0) is 4.79 Å². The number of carbonyl (C=O) groups excluding carboxylic acids is 1. The van der Waals surface area contributed by atoms with E-state index in [0.717, 1.165) is 0 Å². The maximum atomic E-state index is 10.7. The Hall–Kier alpha value is -0.790. The van der Waals surface area contributed by atoms with Crippen molar-refractivity contribution in [2.75, 3.05) is 0 Å². The molecule has 0 radical (unpaired) electrons. The van der Waals surface area contributed by atoms with Gasteiger partial charge in [0.25, 0.3) is 0 Å². The first-order valence-corrected chi connectivity index (χ1v) is 3.51. The zero-order valence-corrected chi connectivity index (χ0v) is 6.85. The number of rotatable bonds is 3. The minimum atomic E-state index is -0.0961. The molecular formula is C8H15NO. The van der Waals surface area contributed by atoms with Gasteiger partial charge in [-0.05, 0) is 18.9 Å². The van der Waals surface area contributed by atoms with Crippen molar-refractivity contribution in [3.63, 3.8) is 0 Å². The molecule has 0 rings (SSSR count). The van der Waals surface area contributed by atoms with Gasteiger partial charge in [-0.2, -0.15) is 0 Å². The molecule has 1 atom stereocenters. The van der Waals surface area contributed by atoms with Crippen LogP contribution in [0.15, 0.2) is 12.7 Å². The van der Waals surface area contributed by atoms with Gasteiger partial charge in [-0.25, -0.2) is 0 Å². The Bertz CT molecular complexity index is 129. The van der Waals surface area contributed by atoms with Crippen molar-refractivity contribution in [2.45, 2.75) is 26.8 Å². The van der Waals surface area contributed by atoms with Gasteiger partial charge in [0.1, 0.15) is 0 Å². The largest absolute Gasteiger partial charge is 0.350 e. The molecule has 0 aromatic carbocycles. The Morgan fingerprint density at radius 3 is 2.30 bits per heavy atom. The lowest BCUT2D eigenvalue weighted by atomic mass is 10.1. The third-order valence-corrected chi connectivity index (χ3v) is 1.56. The molecule has 1 amide bonds. The maximum absolute atomic E-state index is 10.7. The monoisotopic (exact) mass is 141 g/mol. The first-order chi connectivity index (χ1) is 4.57. The third-order valence-electron chi connectivity index (χ3n) is 1.56. The van der Waals surface area contributed by atoms with E-state index in [1.54, 1.807) is 0 Å². The second kappa shape index (κ2) is 4.09. The summed E-state index contributed by atoms with van der Waals surface area (Å²) in [5.74, 6) is 0.380. The van der Waals surface area contributed by atoms with Gasteiger partial charge in [0.15, 0.2) is 0 Å². The molecule has 0 bridgehead atoms. The van der Waals surface area contributed by atoms with Crippen LogP contribution in [0, 0.1) is 5.92 Å². The third kappa shape index (κ3) is 3.28. The molecule has 0 saturated carbocycles. The van der Waals surface area contributed by atoms with Crippen molar-refractivity contribution in [3.8, 4) is 0 Å². The summed E-state index contributed by atoms with van der Waals surface area (Å²) in [6.07, 6.45) is 1.29. The smallest absolute Gasteiger partial charge is 0.243 e. The average molecular weight is 141 g/mol. The molecule has 0 aliphatic heterocycles. The molecule has 1 unspecified atom stereocenters. The summed E-state index contributed by atoms with van der Waals surface area (Å²) in [7, 11) is 0. The van der Waals surface area contributed by atoms with E-state index in [4.69, 9.17) is 0 Å². The van der Waals surface area contributed by atoms with E-state index in [1.807, 2.05) is 6.92 Å². The molecule has 0 heterocycles. The molecule has 58 valence electrons. The summed E-state index contributed by atoms with van der Waals surface area (Å²) in [6, 6.07) is 0.227. The van der Waals surface area contributed by atoms with Crippen molar-refractivity contribution >= 4 is 5.91 Å². The Labute approximate surface area is 62.3 Å². The highest BCUT2D eigenvalue weighted by molar-refractivity contribution is 5.87. The van der Waals surface area contributed by atoms with Gasteiger partial charge in [0.05, 0.1) is 0 Å². The molecule has 0 aliphatic rings. The molecule has 2 nitrogen and oxygen atoms in total. The second-order valence-electron chi connectivity index (χ2n) is 2.75. The van der Waals surface area contributed by atoms with Crippen molar-refractivity contribution in [3.05, 3.63) is 12.7 Å². The molecular weight excluding hydrogens is 126 g/mol. The van der Waals surface area contributed by atoms with Crippen molar-refractivity contribution < 1.29 is 4.79 Å². The molecule has 0 saturated heterocycles. The fourth-order valence-corrected chi connectivity index (χ4v) is 0.450. The Morgan fingerprint density at radius 1 is 1.50 bits per heavy atom.